The summed E-state index contributed by atoms with van der Waals surface area (Å²) in [4.78, 5) is 7.24. The Kier molecular flexibility index (Phi) is 7.65. The predicted octanol–water partition coefficient (Wildman–Crippen LogP) is 3.10. The molecule has 1 saturated heterocycles. The van der Waals surface area contributed by atoms with Crippen LogP contribution in [-0.4, -0.2) is 45.3 Å². The largest absolute Gasteiger partial charge is 0.495 e. The van der Waals surface area contributed by atoms with Gasteiger partial charge in [-0.1, -0.05) is 19.1 Å². The van der Waals surface area contributed by atoms with Gasteiger partial charge in [-0.15, -0.1) is 24.0 Å². The van der Waals surface area contributed by atoms with Gasteiger partial charge in [0.2, 0.25) is 0 Å². The molecule has 140 valence electrons. The van der Waals surface area contributed by atoms with Crippen molar-refractivity contribution in [3.8, 4) is 5.75 Å². The highest BCUT2D eigenvalue weighted by molar-refractivity contribution is 14.0. The Bertz CT molecular complexity index is 580. The van der Waals surface area contributed by atoms with Crippen LogP contribution in [0.4, 0.5) is 5.69 Å². The number of methoxy groups -OCH3 is 1. The summed E-state index contributed by atoms with van der Waals surface area (Å²) in [6.45, 7) is 8.30. The van der Waals surface area contributed by atoms with Crippen LogP contribution in [0.1, 0.15) is 26.7 Å². The van der Waals surface area contributed by atoms with Crippen molar-refractivity contribution in [1.29, 1.82) is 0 Å². The quantitative estimate of drug-likeness (QED) is 0.391. The number of benzene rings is 1. The van der Waals surface area contributed by atoms with E-state index in [1.54, 1.807) is 7.11 Å². The van der Waals surface area contributed by atoms with Crippen LogP contribution in [0.15, 0.2) is 29.3 Å². The van der Waals surface area contributed by atoms with Crippen LogP contribution in [0, 0.1) is 11.8 Å². The maximum atomic E-state index is 5.49. The molecule has 25 heavy (non-hydrogen) atoms. The molecular formula is C19H31IN4O. The molecule has 1 aromatic rings. The first-order valence-electron chi connectivity index (χ1n) is 9.14. The number of para-hydroxylation sites is 2. The van der Waals surface area contributed by atoms with Crippen LogP contribution in [0.5, 0.6) is 5.75 Å². The first kappa shape index (κ1) is 20.1. The second-order valence-electron chi connectivity index (χ2n) is 6.96. The number of hydrogen-bond acceptors (Lipinski definition) is 3. The van der Waals surface area contributed by atoms with E-state index in [0.717, 1.165) is 43.8 Å². The molecule has 0 radical (unpaired) electrons. The Hall–Kier alpha value is -1.18. The zero-order chi connectivity index (χ0) is 16.9. The van der Waals surface area contributed by atoms with Crippen LogP contribution in [0.25, 0.3) is 0 Å². The highest BCUT2D eigenvalue weighted by Crippen LogP contribution is 2.32. The minimum Gasteiger partial charge on any atom is -0.495 e. The van der Waals surface area contributed by atoms with Gasteiger partial charge in [0.1, 0.15) is 5.75 Å². The van der Waals surface area contributed by atoms with E-state index in [-0.39, 0.29) is 24.0 Å². The third-order valence-corrected chi connectivity index (χ3v) is 5.00. The van der Waals surface area contributed by atoms with Gasteiger partial charge >= 0.3 is 0 Å². The van der Waals surface area contributed by atoms with Crippen molar-refractivity contribution in [3.05, 3.63) is 24.3 Å². The van der Waals surface area contributed by atoms with Gasteiger partial charge in [-0.2, -0.15) is 0 Å². The number of rotatable bonds is 6. The Morgan fingerprint density at radius 2 is 2.12 bits per heavy atom. The van der Waals surface area contributed by atoms with Gasteiger partial charge in [0.05, 0.1) is 12.8 Å². The predicted molar refractivity (Wildman–Crippen MR) is 115 cm³/mol. The summed E-state index contributed by atoms with van der Waals surface area (Å²) in [5, 5.41) is 6.90. The van der Waals surface area contributed by atoms with Crippen molar-refractivity contribution in [1.82, 2.24) is 10.6 Å². The van der Waals surface area contributed by atoms with Crippen LogP contribution in [0.2, 0.25) is 0 Å². The van der Waals surface area contributed by atoms with Crippen molar-refractivity contribution in [3.63, 3.8) is 0 Å². The van der Waals surface area contributed by atoms with Gasteiger partial charge in [-0.05, 0) is 43.7 Å². The van der Waals surface area contributed by atoms with E-state index in [2.05, 4.69) is 41.5 Å². The van der Waals surface area contributed by atoms with E-state index in [1.807, 2.05) is 12.1 Å². The molecule has 1 aromatic carbocycles. The van der Waals surface area contributed by atoms with Gasteiger partial charge < -0.3 is 20.3 Å². The molecule has 1 aliphatic carbocycles. The van der Waals surface area contributed by atoms with E-state index < -0.39 is 0 Å². The third kappa shape index (κ3) is 5.39. The molecule has 0 bridgehead atoms. The minimum atomic E-state index is 0. The number of aliphatic imine (C=N–C) groups is 1. The van der Waals surface area contributed by atoms with Crippen molar-refractivity contribution >= 4 is 35.6 Å². The summed E-state index contributed by atoms with van der Waals surface area (Å²) in [6.07, 6.45) is 2.44. The van der Waals surface area contributed by atoms with E-state index >= 15 is 0 Å². The Labute approximate surface area is 168 Å². The number of guanidine groups is 1. The summed E-state index contributed by atoms with van der Waals surface area (Å²) < 4.78 is 5.49. The lowest BCUT2D eigenvalue weighted by molar-refractivity contribution is 0.414. The van der Waals surface area contributed by atoms with Gasteiger partial charge in [0.15, 0.2) is 5.96 Å². The molecule has 1 aliphatic heterocycles. The first-order valence-corrected chi connectivity index (χ1v) is 9.14. The molecular weight excluding hydrogens is 427 g/mol. The molecule has 2 fully saturated rings. The Morgan fingerprint density at radius 1 is 1.36 bits per heavy atom. The summed E-state index contributed by atoms with van der Waals surface area (Å²) in [5.41, 5.74) is 1.20. The number of nitrogens with zero attached hydrogens (tertiary/aromatic N) is 2. The lowest BCUT2D eigenvalue weighted by Gasteiger charge is -2.21. The molecule has 3 rings (SSSR count). The molecule has 1 saturated carbocycles. The monoisotopic (exact) mass is 458 g/mol. The first-order chi connectivity index (χ1) is 11.7. The molecule has 6 heteroatoms. The Balaban J connectivity index is 0.00000225. The molecule has 2 aliphatic rings. The van der Waals surface area contributed by atoms with Gasteiger partial charge in [-0.25, -0.2) is 0 Å². The topological polar surface area (TPSA) is 48.9 Å². The van der Waals surface area contributed by atoms with Crippen molar-refractivity contribution in [2.45, 2.75) is 32.7 Å². The van der Waals surface area contributed by atoms with E-state index in [0.29, 0.717) is 12.0 Å². The maximum absolute atomic E-state index is 5.49. The Morgan fingerprint density at radius 3 is 2.80 bits per heavy atom. The number of ether oxygens (including phenoxy) is 1. The van der Waals surface area contributed by atoms with Crippen LogP contribution < -0.4 is 20.3 Å². The van der Waals surface area contributed by atoms with Crippen LogP contribution in [-0.2, 0) is 0 Å². The number of anilines is 1. The second-order valence-corrected chi connectivity index (χ2v) is 6.96. The van der Waals surface area contributed by atoms with Crippen LogP contribution >= 0.6 is 24.0 Å². The van der Waals surface area contributed by atoms with Crippen molar-refractivity contribution < 1.29 is 4.74 Å². The third-order valence-electron chi connectivity index (χ3n) is 5.00. The highest BCUT2D eigenvalue weighted by atomic mass is 127. The van der Waals surface area contributed by atoms with Gasteiger partial charge in [-0.3, -0.25) is 4.99 Å². The minimum absolute atomic E-state index is 0. The molecule has 2 N–H and O–H groups in total. The van der Waals surface area contributed by atoms with Gasteiger partial charge in [0.25, 0.3) is 0 Å². The zero-order valence-corrected chi connectivity index (χ0v) is 17.8. The SMILES string of the molecule is CCNC(=NCC1CCN(c2ccccc2OC)C1)NC1CC1C.I. The van der Waals surface area contributed by atoms with Crippen LogP contribution in [0.3, 0.4) is 0 Å². The molecule has 5 nitrogen and oxygen atoms in total. The second kappa shape index (κ2) is 9.50. The average molecular weight is 458 g/mol. The fraction of sp³-hybridized carbons (Fsp3) is 0.632. The fourth-order valence-corrected chi connectivity index (χ4v) is 3.33. The lowest BCUT2D eigenvalue weighted by Crippen LogP contribution is -2.39. The summed E-state index contributed by atoms with van der Waals surface area (Å²) >= 11 is 0. The molecule has 3 atom stereocenters. The molecule has 1 heterocycles. The lowest BCUT2D eigenvalue weighted by atomic mass is 10.1. The smallest absolute Gasteiger partial charge is 0.191 e. The van der Waals surface area contributed by atoms with E-state index in [9.17, 15) is 0 Å². The summed E-state index contributed by atoms with van der Waals surface area (Å²) in [6, 6.07) is 8.88. The van der Waals surface area contributed by atoms with E-state index in [4.69, 9.17) is 9.73 Å². The molecule has 3 unspecified atom stereocenters. The zero-order valence-electron chi connectivity index (χ0n) is 15.5. The van der Waals surface area contributed by atoms with E-state index in [1.165, 1.54) is 18.5 Å². The van der Waals surface area contributed by atoms with Gasteiger partial charge in [0, 0.05) is 32.2 Å². The van der Waals surface area contributed by atoms with Crippen molar-refractivity contribution in [2.75, 3.05) is 38.2 Å². The molecule has 0 spiro atoms. The fourth-order valence-electron chi connectivity index (χ4n) is 3.33. The molecule has 0 aromatic heterocycles. The maximum Gasteiger partial charge on any atom is 0.191 e. The normalized spacial score (nSPS) is 25.3. The summed E-state index contributed by atoms with van der Waals surface area (Å²) in [5.74, 6) is 3.31. The molecule has 0 amide bonds. The average Bonchev–Trinajstić information content (AvgIpc) is 3.10. The highest BCUT2D eigenvalue weighted by Gasteiger charge is 2.33. The van der Waals surface area contributed by atoms with Crippen molar-refractivity contribution in [2.24, 2.45) is 16.8 Å². The summed E-state index contributed by atoms with van der Waals surface area (Å²) in [7, 11) is 1.74. The number of halogens is 1. The number of hydrogen-bond donors (Lipinski definition) is 2. The standard InChI is InChI=1S/C19H30N4O.HI/c1-4-20-19(22-16-11-14(16)2)21-12-15-9-10-23(13-15)17-7-5-6-8-18(17)24-3;/h5-8,14-16H,4,9-13H2,1-3H3,(H2,20,21,22);1H. The number of nitrogens with one attached hydrogen (secondary N) is 2.